The molecular formula is C37H51ClN6O8. The van der Waals surface area contributed by atoms with Gasteiger partial charge in [-0.05, 0) is 69.9 Å². The van der Waals surface area contributed by atoms with E-state index in [1.54, 1.807) is 28.3 Å². The molecular weight excluding hydrogens is 692 g/mol. The summed E-state index contributed by atoms with van der Waals surface area (Å²) in [5, 5.41) is 3.48. The smallest absolute Gasteiger partial charge is 0.410 e. The molecule has 15 heteroatoms. The lowest BCUT2D eigenvalue weighted by Gasteiger charge is -2.38. The Balaban J connectivity index is 1.13. The SMILES string of the molecule is CCOCCOCCOCCOCCNC(=O)CCCn1c(CN2C(=O)C3(CCN(C(=O)OC(C)C)CC3)c3ccncc32)nc2cc(Cl)ccc21. The van der Waals surface area contributed by atoms with Gasteiger partial charge in [-0.25, -0.2) is 9.78 Å². The van der Waals surface area contributed by atoms with Gasteiger partial charge in [0.15, 0.2) is 0 Å². The zero-order valence-corrected chi connectivity index (χ0v) is 31.2. The number of halogens is 1. The number of nitrogens with zero attached hydrogens (tertiary/aromatic N) is 5. The van der Waals surface area contributed by atoms with Crippen molar-refractivity contribution in [3.8, 4) is 0 Å². The van der Waals surface area contributed by atoms with Crippen LogP contribution in [0, 0.1) is 0 Å². The topological polar surface area (TPSA) is 147 Å². The van der Waals surface area contributed by atoms with E-state index in [1.807, 2.05) is 39.0 Å². The molecule has 2 aliphatic rings. The Labute approximate surface area is 310 Å². The lowest BCUT2D eigenvalue weighted by Crippen LogP contribution is -2.50. The van der Waals surface area contributed by atoms with E-state index < -0.39 is 5.41 Å². The van der Waals surface area contributed by atoms with Crippen LogP contribution in [0.15, 0.2) is 36.7 Å². The molecule has 5 rings (SSSR count). The van der Waals surface area contributed by atoms with Gasteiger partial charge in [0.2, 0.25) is 11.8 Å². The van der Waals surface area contributed by atoms with E-state index in [1.165, 1.54) is 0 Å². The van der Waals surface area contributed by atoms with E-state index in [0.717, 1.165) is 16.8 Å². The maximum atomic E-state index is 14.4. The maximum Gasteiger partial charge on any atom is 0.410 e. The van der Waals surface area contributed by atoms with Crippen molar-refractivity contribution >= 4 is 46.2 Å². The molecule has 1 fully saturated rings. The Morgan fingerprint density at radius 1 is 0.981 bits per heavy atom. The third kappa shape index (κ3) is 9.98. The highest BCUT2D eigenvalue weighted by Gasteiger charge is 2.53. The quantitative estimate of drug-likeness (QED) is 0.164. The van der Waals surface area contributed by atoms with Crippen LogP contribution in [0.4, 0.5) is 10.5 Å². The summed E-state index contributed by atoms with van der Waals surface area (Å²) in [7, 11) is 0. The minimum atomic E-state index is -0.763. The number of carbonyl (C=O) groups is 3. The van der Waals surface area contributed by atoms with Crippen LogP contribution in [0.25, 0.3) is 11.0 Å². The normalized spacial score (nSPS) is 15.2. The summed E-state index contributed by atoms with van der Waals surface area (Å²) in [6.45, 7) is 11.6. The van der Waals surface area contributed by atoms with Crippen molar-refractivity contribution in [1.82, 2.24) is 24.8 Å². The Morgan fingerprint density at radius 3 is 2.37 bits per heavy atom. The summed E-state index contributed by atoms with van der Waals surface area (Å²) in [5.41, 5.74) is 2.49. The van der Waals surface area contributed by atoms with Gasteiger partial charge >= 0.3 is 6.09 Å². The van der Waals surface area contributed by atoms with Crippen LogP contribution in [-0.4, -0.2) is 116 Å². The van der Waals surface area contributed by atoms with Gasteiger partial charge in [-0.1, -0.05) is 11.6 Å². The number of hydrogen-bond acceptors (Lipinski definition) is 10. The van der Waals surface area contributed by atoms with Gasteiger partial charge in [0, 0.05) is 50.4 Å². The number of fused-ring (bicyclic) bond motifs is 3. The monoisotopic (exact) mass is 742 g/mol. The molecule has 52 heavy (non-hydrogen) atoms. The van der Waals surface area contributed by atoms with E-state index in [0.29, 0.717) is 121 Å². The molecule has 3 aromatic rings. The number of benzene rings is 1. The first-order chi connectivity index (χ1) is 25.2. The van der Waals surface area contributed by atoms with E-state index in [2.05, 4.69) is 14.9 Å². The number of imidazole rings is 1. The summed E-state index contributed by atoms with van der Waals surface area (Å²) in [6, 6.07) is 7.45. The first kappa shape index (κ1) is 39.4. The minimum absolute atomic E-state index is 0.0282. The summed E-state index contributed by atoms with van der Waals surface area (Å²) in [4.78, 5) is 52.4. The molecule has 0 unspecified atom stereocenters. The third-order valence-corrected chi connectivity index (χ3v) is 9.47. The molecule has 0 atom stereocenters. The molecule has 2 aromatic heterocycles. The number of rotatable bonds is 20. The van der Waals surface area contributed by atoms with Crippen molar-refractivity contribution in [3.05, 3.63) is 53.1 Å². The Hall–Kier alpha value is -3.82. The van der Waals surface area contributed by atoms with Gasteiger partial charge in [-0.3, -0.25) is 14.6 Å². The number of nitrogens with one attached hydrogen (secondary N) is 1. The predicted octanol–water partition coefficient (Wildman–Crippen LogP) is 4.49. The molecule has 0 aliphatic carbocycles. The largest absolute Gasteiger partial charge is 0.447 e. The molecule has 4 heterocycles. The lowest BCUT2D eigenvalue weighted by atomic mass is 9.74. The van der Waals surface area contributed by atoms with Gasteiger partial charge < -0.3 is 43.4 Å². The standard InChI is InChI=1S/C37H51ClN6O8/c1-4-48-18-19-50-22-23-51-21-20-49-17-13-40-34(45)6-5-14-43-31-8-7-28(38)24-30(31)41-33(43)26-44-32-25-39-12-9-29(32)37(35(44)46)10-15-42(16-11-37)36(47)52-27(2)3/h7-9,12,24-25,27H,4-6,10-11,13-23,26H2,1-3H3,(H,40,45). The number of likely N-dealkylation sites (tertiary alicyclic amines) is 1. The van der Waals surface area contributed by atoms with Gasteiger partial charge in [0.25, 0.3) is 0 Å². The summed E-state index contributed by atoms with van der Waals surface area (Å²) < 4.78 is 29.1. The molecule has 0 bridgehead atoms. The Kier molecular flexibility index (Phi) is 14.6. The summed E-state index contributed by atoms with van der Waals surface area (Å²) in [6.07, 6.45) is 4.71. The molecule has 0 saturated carbocycles. The molecule has 1 aromatic carbocycles. The first-order valence-corrected chi connectivity index (χ1v) is 18.6. The molecule has 2 aliphatic heterocycles. The average Bonchev–Trinajstić information content (AvgIpc) is 3.57. The third-order valence-electron chi connectivity index (χ3n) is 9.24. The van der Waals surface area contributed by atoms with E-state index >= 15 is 0 Å². The molecule has 1 saturated heterocycles. The van der Waals surface area contributed by atoms with Crippen LogP contribution in [0.2, 0.25) is 5.02 Å². The molecule has 284 valence electrons. The zero-order chi connectivity index (χ0) is 36.9. The van der Waals surface area contributed by atoms with Crippen LogP contribution in [0.5, 0.6) is 0 Å². The van der Waals surface area contributed by atoms with E-state index in [9.17, 15) is 14.4 Å². The van der Waals surface area contributed by atoms with Crippen molar-refractivity contribution in [2.75, 3.05) is 77.4 Å². The second-order valence-corrected chi connectivity index (χ2v) is 13.5. The first-order valence-electron chi connectivity index (χ1n) is 18.2. The number of amides is 3. The average molecular weight is 743 g/mol. The minimum Gasteiger partial charge on any atom is -0.447 e. The second kappa shape index (κ2) is 19.3. The van der Waals surface area contributed by atoms with Crippen LogP contribution >= 0.6 is 11.6 Å². The van der Waals surface area contributed by atoms with Crippen molar-refractivity contribution in [2.45, 2.75) is 71.1 Å². The number of anilines is 1. The van der Waals surface area contributed by atoms with Crippen LogP contribution in [0.3, 0.4) is 0 Å². The highest BCUT2D eigenvalue weighted by molar-refractivity contribution is 6.31. The number of aryl methyl sites for hydroxylation is 1. The van der Waals surface area contributed by atoms with Crippen LogP contribution < -0.4 is 10.2 Å². The number of carbonyl (C=O) groups excluding carboxylic acids is 3. The van der Waals surface area contributed by atoms with Crippen molar-refractivity contribution in [2.24, 2.45) is 0 Å². The Morgan fingerprint density at radius 2 is 1.67 bits per heavy atom. The zero-order valence-electron chi connectivity index (χ0n) is 30.4. The van der Waals surface area contributed by atoms with Crippen molar-refractivity contribution < 1.29 is 38.1 Å². The van der Waals surface area contributed by atoms with Gasteiger partial charge in [0.05, 0.1) is 87.2 Å². The van der Waals surface area contributed by atoms with Gasteiger partial charge in [-0.15, -0.1) is 0 Å². The lowest BCUT2D eigenvalue weighted by molar-refractivity contribution is -0.125. The molecule has 14 nitrogen and oxygen atoms in total. The number of ether oxygens (including phenoxy) is 5. The highest BCUT2D eigenvalue weighted by Crippen LogP contribution is 2.48. The Bertz CT molecular complexity index is 1640. The van der Waals surface area contributed by atoms with E-state index in [4.69, 9.17) is 40.3 Å². The number of hydrogen-bond donors (Lipinski definition) is 1. The molecule has 1 N–H and O–H groups in total. The summed E-state index contributed by atoms with van der Waals surface area (Å²) in [5.74, 6) is 0.585. The maximum absolute atomic E-state index is 14.4. The fourth-order valence-corrected chi connectivity index (χ4v) is 6.86. The highest BCUT2D eigenvalue weighted by atomic mass is 35.5. The van der Waals surface area contributed by atoms with Crippen LogP contribution in [-0.2, 0) is 51.8 Å². The van der Waals surface area contributed by atoms with Crippen LogP contribution in [0.1, 0.15) is 57.8 Å². The fourth-order valence-electron chi connectivity index (χ4n) is 6.69. The fraction of sp³-hybridized carbons (Fsp3) is 0.595. The number of pyridine rings is 1. The van der Waals surface area contributed by atoms with Gasteiger partial charge in [0.1, 0.15) is 5.82 Å². The predicted molar refractivity (Wildman–Crippen MR) is 195 cm³/mol. The molecule has 1 spiro atoms. The molecule has 0 radical (unpaired) electrons. The second-order valence-electron chi connectivity index (χ2n) is 13.1. The van der Waals surface area contributed by atoms with E-state index in [-0.39, 0.29) is 30.6 Å². The summed E-state index contributed by atoms with van der Waals surface area (Å²) >= 11 is 6.34. The van der Waals surface area contributed by atoms with Crippen molar-refractivity contribution in [1.29, 1.82) is 0 Å². The number of piperidine rings is 1. The number of aromatic nitrogens is 3. The molecule has 3 amide bonds. The van der Waals surface area contributed by atoms with Gasteiger partial charge in [-0.2, -0.15) is 0 Å². The van der Waals surface area contributed by atoms with Crippen molar-refractivity contribution in [3.63, 3.8) is 0 Å².